The standard InChI is InChI=1S/C17H26N2/c1-14-6-5-11-19(13-14)17(12-18-16-9-10-16)15-7-3-2-4-8-15/h2-4,7-8,14,16-18H,5-6,9-13H2,1H3. The maximum atomic E-state index is 3.73. The number of rotatable bonds is 5. The van der Waals surface area contributed by atoms with Crippen LogP contribution in [-0.4, -0.2) is 30.6 Å². The summed E-state index contributed by atoms with van der Waals surface area (Å²) < 4.78 is 0. The van der Waals surface area contributed by atoms with Gasteiger partial charge in [-0.2, -0.15) is 0 Å². The van der Waals surface area contributed by atoms with Crippen LogP contribution >= 0.6 is 0 Å². The van der Waals surface area contributed by atoms with Gasteiger partial charge in [0.1, 0.15) is 0 Å². The Hall–Kier alpha value is -0.860. The number of hydrogen-bond acceptors (Lipinski definition) is 2. The van der Waals surface area contributed by atoms with E-state index in [1.54, 1.807) is 0 Å². The van der Waals surface area contributed by atoms with Gasteiger partial charge in [0.05, 0.1) is 0 Å². The molecule has 2 unspecified atom stereocenters. The number of nitrogens with one attached hydrogen (secondary N) is 1. The van der Waals surface area contributed by atoms with E-state index in [0.29, 0.717) is 6.04 Å². The lowest BCUT2D eigenvalue weighted by atomic mass is 9.96. The Morgan fingerprint density at radius 1 is 1.21 bits per heavy atom. The average Bonchev–Trinajstić information content (AvgIpc) is 3.25. The lowest BCUT2D eigenvalue weighted by molar-refractivity contribution is 0.127. The molecule has 2 fully saturated rings. The van der Waals surface area contributed by atoms with Crippen molar-refractivity contribution in [1.82, 2.24) is 10.2 Å². The number of benzene rings is 1. The third-order valence-electron chi connectivity index (χ3n) is 4.49. The van der Waals surface area contributed by atoms with E-state index in [1.807, 2.05) is 0 Å². The normalized spacial score (nSPS) is 26.3. The second kappa shape index (κ2) is 6.06. The number of nitrogens with zero attached hydrogens (tertiary/aromatic N) is 1. The highest BCUT2D eigenvalue weighted by Crippen LogP contribution is 2.27. The number of piperidine rings is 1. The maximum Gasteiger partial charge on any atom is 0.0472 e. The molecule has 19 heavy (non-hydrogen) atoms. The van der Waals surface area contributed by atoms with E-state index in [9.17, 15) is 0 Å². The zero-order chi connectivity index (χ0) is 13.1. The molecule has 1 aliphatic heterocycles. The summed E-state index contributed by atoms with van der Waals surface area (Å²) in [5.41, 5.74) is 1.48. The predicted molar refractivity (Wildman–Crippen MR) is 80.2 cm³/mol. The average molecular weight is 258 g/mol. The van der Waals surface area contributed by atoms with E-state index < -0.39 is 0 Å². The first-order chi connectivity index (χ1) is 9.33. The molecule has 3 rings (SSSR count). The number of hydrogen-bond donors (Lipinski definition) is 1. The van der Waals surface area contributed by atoms with Gasteiger partial charge in [0.25, 0.3) is 0 Å². The summed E-state index contributed by atoms with van der Waals surface area (Å²) in [6.45, 7) is 6.02. The van der Waals surface area contributed by atoms with Gasteiger partial charge in [-0.25, -0.2) is 0 Å². The van der Waals surface area contributed by atoms with Crippen LogP contribution in [0.4, 0.5) is 0 Å². The molecule has 1 N–H and O–H groups in total. The Bertz CT molecular complexity index is 386. The fraction of sp³-hybridized carbons (Fsp3) is 0.647. The summed E-state index contributed by atoms with van der Waals surface area (Å²) in [6.07, 6.45) is 5.50. The van der Waals surface area contributed by atoms with Crippen LogP contribution in [0.15, 0.2) is 30.3 Å². The molecule has 2 aliphatic rings. The van der Waals surface area contributed by atoms with E-state index in [1.165, 1.54) is 44.3 Å². The van der Waals surface area contributed by atoms with Gasteiger partial charge >= 0.3 is 0 Å². The van der Waals surface area contributed by atoms with Crippen LogP contribution in [0, 0.1) is 5.92 Å². The predicted octanol–water partition coefficient (Wildman–Crippen LogP) is 3.21. The van der Waals surface area contributed by atoms with Crippen LogP contribution in [0.3, 0.4) is 0 Å². The van der Waals surface area contributed by atoms with Gasteiger partial charge in [-0.05, 0) is 43.7 Å². The molecule has 1 aromatic rings. The first-order valence-corrected chi connectivity index (χ1v) is 7.85. The zero-order valence-corrected chi connectivity index (χ0v) is 12.0. The molecule has 1 heterocycles. The SMILES string of the molecule is CC1CCCN(C(CNC2CC2)c2ccccc2)C1. The summed E-state index contributed by atoms with van der Waals surface area (Å²) in [4.78, 5) is 2.69. The highest BCUT2D eigenvalue weighted by Gasteiger charge is 2.27. The Labute approximate surface area is 117 Å². The molecule has 0 bridgehead atoms. The van der Waals surface area contributed by atoms with Crippen LogP contribution in [0.5, 0.6) is 0 Å². The Morgan fingerprint density at radius 3 is 2.68 bits per heavy atom. The molecule has 1 aliphatic carbocycles. The van der Waals surface area contributed by atoms with E-state index in [4.69, 9.17) is 0 Å². The van der Waals surface area contributed by atoms with Crippen molar-refractivity contribution in [3.63, 3.8) is 0 Å². The maximum absolute atomic E-state index is 3.73. The summed E-state index contributed by atoms with van der Waals surface area (Å²) in [7, 11) is 0. The molecule has 1 aromatic carbocycles. The molecular weight excluding hydrogens is 232 g/mol. The molecule has 104 valence electrons. The molecule has 0 spiro atoms. The first kappa shape index (κ1) is 13.1. The second-order valence-corrected chi connectivity index (χ2v) is 6.35. The summed E-state index contributed by atoms with van der Waals surface area (Å²) in [5.74, 6) is 0.848. The van der Waals surface area contributed by atoms with E-state index in [0.717, 1.165) is 18.5 Å². The van der Waals surface area contributed by atoms with Crippen molar-refractivity contribution >= 4 is 0 Å². The highest BCUT2D eigenvalue weighted by atomic mass is 15.2. The lowest BCUT2D eigenvalue weighted by Gasteiger charge is -2.37. The first-order valence-electron chi connectivity index (χ1n) is 7.85. The van der Waals surface area contributed by atoms with Crippen LogP contribution in [0.1, 0.15) is 44.2 Å². The van der Waals surface area contributed by atoms with Crippen LogP contribution in [0.25, 0.3) is 0 Å². The van der Waals surface area contributed by atoms with E-state index in [-0.39, 0.29) is 0 Å². The van der Waals surface area contributed by atoms with E-state index >= 15 is 0 Å². The zero-order valence-electron chi connectivity index (χ0n) is 12.0. The van der Waals surface area contributed by atoms with Gasteiger partial charge in [-0.3, -0.25) is 4.90 Å². The van der Waals surface area contributed by atoms with Gasteiger partial charge < -0.3 is 5.32 Å². The Balaban J connectivity index is 1.70. The molecule has 0 amide bonds. The van der Waals surface area contributed by atoms with Crippen molar-refractivity contribution in [2.45, 2.75) is 44.7 Å². The van der Waals surface area contributed by atoms with Crippen molar-refractivity contribution in [2.75, 3.05) is 19.6 Å². The van der Waals surface area contributed by atoms with Gasteiger partial charge in [0.15, 0.2) is 0 Å². The fourth-order valence-electron chi connectivity index (χ4n) is 3.21. The van der Waals surface area contributed by atoms with E-state index in [2.05, 4.69) is 47.5 Å². The minimum atomic E-state index is 0.560. The van der Waals surface area contributed by atoms with Gasteiger partial charge in [-0.1, -0.05) is 37.3 Å². The summed E-state index contributed by atoms with van der Waals surface area (Å²) in [6, 6.07) is 12.4. The van der Waals surface area contributed by atoms with Crippen molar-refractivity contribution in [3.05, 3.63) is 35.9 Å². The lowest BCUT2D eigenvalue weighted by Crippen LogP contribution is -2.42. The third-order valence-corrected chi connectivity index (χ3v) is 4.49. The van der Waals surface area contributed by atoms with Crippen molar-refractivity contribution in [3.8, 4) is 0 Å². The monoisotopic (exact) mass is 258 g/mol. The molecule has 2 nitrogen and oxygen atoms in total. The highest BCUT2D eigenvalue weighted by molar-refractivity contribution is 5.20. The molecule has 1 saturated carbocycles. The molecule has 2 heteroatoms. The second-order valence-electron chi connectivity index (χ2n) is 6.35. The summed E-state index contributed by atoms with van der Waals surface area (Å²) >= 11 is 0. The van der Waals surface area contributed by atoms with Crippen molar-refractivity contribution < 1.29 is 0 Å². The van der Waals surface area contributed by atoms with Crippen molar-refractivity contribution in [2.24, 2.45) is 5.92 Å². The Morgan fingerprint density at radius 2 is 2.00 bits per heavy atom. The molecule has 0 aromatic heterocycles. The van der Waals surface area contributed by atoms with Crippen molar-refractivity contribution in [1.29, 1.82) is 0 Å². The minimum Gasteiger partial charge on any atom is -0.312 e. The third kappa shape index (κ3) is 3.58. The minimum absolute atomic E-state index is 0.560. The van der Waals surface area contributed by atoms with Gasteiger partial charge in [-0.15, -0.1) is 0 Å². The van der Waals surface area contributed by atoms with Crippen LogP contribution in [-0.2, 0) is 0 Å². The smallest absolute Gasteiger partial charge is 0.0472 e. The summed E-state index contributed by atoms with van der Waals surface area (Å²) in [5, 5.41) is 3.73. The van der Waals surface area contributed by atoms with Crippen LogP contribution in [0.2, 0.25) is 0 Å². The fourth-order valence-corrected chi connectivity index (χ4v) is 3.21. The van der Waals surface area contributed by atoms with Gasteiger partial charge in [0.2, 0.25) is 0 Å². The largest absolute Gasteiger partial charge is 0.312 e. The number of likely N-dealkylation sites (tertiary alicyclic amines) is 1. The van der Waals surface area contributed by atoms with Gasteiger partial charge in [0, 0.05) is 25.2 Å². The topological polar surface area (TPSA) is 15.3 Å². The molecular formula is C17H26N2. The van der Waals surface area contributed by atoms with Crippen LogP contribution < -0.4 is 5.32 Å². The Kier molecular flexibility index (Phi) is 4.19. The molecule has 1 saturated heterocycles. The molecule has 0 radical (unpaired) electrons. The quantitative estimate of drug-likeness (QED) is 0.872. The molecule has 2 atom stereocenters.